The van der Waals surface area contributed by atoms with Crippen molar-refractivity contribution in [2.24, 2.45) is 0 Å². The molecule has 1 aromatic carbocycles. The number of aromatic nitrogens is 2. The molecule has 122 valence electrons. The van der Waals surface area contributed by atoms with E-state index < -0.39 is 0 Å². The molecule has 23 heavy (non-hydrogen) atoms. The summed E-state index contributed by atoms with van der Waals surface area (Å²) >= 11 is 0. The molecule has 0 radical (unpaired) electrons. The van der Waals surface area contributed by atoms with Crippen LogP contribution in [0, 0.1) is 6.92 Å². The molecule has 4 nitrogen and oxygen atoms in total. The van der Waals surface area contributed by atoms with Crippen molar-refractivity contribution in [2.75, 3.05) is 17.2 Å². The standard InChI is InChI=1S/C19H26N4/c1-15-14-18(22-17-10-6-3-7-11-17)23-19(21-15)20-13-12-16-8-4-2-5-9-16/h2,4-5,8-9,14,17H,3,6-7,10-13H2,1H3,(H2,20,21,22,23). The van der Waals surface area contributed by atoms with Crippen LogP contribution < -0.4 is 10.6 Å². The zero-order valence-electron chi connectivity index (χ0n) is 13.9. The van der Waals surface area contributed by atoms with E-state index in [0.717, 1.165) is 30.4 Å². The Balaban J connectivity index is 1.56. The summed E-state index contributed by atoms with van der Waals surface area (Å²) < 4.78 is 0. The SMILES string of the molecule is Cc1cc(NC2CCCCC2)nc(NCCc2ccccc2)n1. The minimum atomic E-state index is 0.565. The lowest BCUT2D eigenvalue weighted by Gasteiger charge is -2.23. The van der Waals surface area contributed by atoms with E-state index in [1.165, 1.54) is 37.7 Å². The van der Waals surface area contributed by atoms with Gasteiger partial charge in [-0.05, 0) is 31.7 Å². The van der Waals surface area contributed by atoms with Gasteiger partial charge in [0, 0.05) is 24.3 Å². The first-order chi connectivity index (χ1) is 11.3. The van der Waals surface area contributed by atoms with Crippen molar-refractivity contribution in [3.05, 3.63) is 47.7 Å². The third kappa shape index (κ3) is 4.95. The van der Waals surface area contributed by atoms with Crippen LogP contribution in [-0.4, -0.2) is 22.6 Å². The van der Waals surface area contributed by atoms with E-state index in [4.69, 9.17) is 0 Å². The van der Waals surface area contributed by atoms with Crippen molar-refractivity contribution >= 4 is 11.8 Å². The normalized spacial score (nSPS) is 15.3. The zero-order valence-corrected chi connectivity index (χ0v) is 13.9. The fourth-order valence-corrected chi connectivity index (χ4v) is 3.14. The highest BCUT2D eigenvalue weighted by Gasteiger charge is 2.14. The minimum absolute atomic E-state index is 0.565. The third-order valence-corrected chi connectivity index (χ3v) is 4.35. The second-order valence-electron chi connectivity index (χ2n) is 6.36. The van der Waals surface area contributed by atoms with Gasteiger partial charge in [0.25, 0.3) is 0 Å². The van der Waals surface area contributed by atoms with Crippen LogP contribution in [0.25, 0.3) is 0 Å². The molecule has 4 heteroatoms. The number of hydrogen-bond donors (Lipinski definition) is 2. The predicted octanol–water partition coefficient (Wildman–Crippen LogP) is 4.18. The summed E-state index contributed by atoms with van der Waals surface area (Å²) in [7, 11) is 0. The molecule has 1 aliphatic rings. The van der Waals surface area contributed by atoms with Crippen LogP contribution >= 0.6 is 0 Å². The first-order valence-corrected chi connectivity index (χ1v) is 8.69. The van der Waals surface area contributed by atoms with Crippen LogP contribution in [-0.2, 0) is 6.42 Å². The van der Waals surface area contributed by atoms with Gasteiger partial charge in [-0.3, -0.25) is 0 Å². The smallest absolute Gasteiger partial charge is 0.224 e. The van der Waals surface area contributed by atoms with Crippen molar-refractivity contribution in [1.82, 2.24) is 9.97 Å². The highest BCUT2D eigenvalue weighted by Crippen LogP contribution is 2.21. The van der Waals surface area contributed by atoms with E-state index in [9.17, 15) is 0 Å². The molecule has 0 saturated heterocycles. The molecule has 0 unspecified atom stereocenters. The molecule has 2 N–H and O–H groups in total. The Kier molecular flexibility index (Phi) is 5.46. The van der Waals surface area contributed by atoms with Gasteiger partial charge >= 0.3 is 0 Å². The van der Waals surface area contributed by atoms with E-state index >= 15 is 0 Å². The van der Waals surface area contributed by atoms with Gasteiger partial charge in [-0.25, -0.2) is 4.98 Å². The van der Waals surface area contributed by atoms with Gasteiger partial charge in [0.2, 0.25) is 5.95 Å². The van der Waals surface area contributed by atoms with Crippen LogP contribution in [0.5, 0.6) is 0 Å². The van der Waals surface area contributed by atoms with E-state index in [2.05, 4.69) is 44.9 Å². The summed E-state index contributed by atoms with van der Waals surface area (Å²) in [5, 5.41) is 6.93. The van der Waals surface area contributed by atoms with Gasteiger partial charge in [0.05, 0.1) is 0 Å². The average Bonchev–Trinajstić information content (AvgIpc) is 2.56. The Morgan fingerprint density at radius 3 is 2.61 bits per heavy atom. The molecule has 1 heterocycles. The second-order valence-corrected chi connectivity index (χ2v) is 6.36. The summed E-state index contributed by atoms with van der Waals surface area (Å²) in [4.78, 5) is 9.12. The Labute approximate surface area is 138 Å². The lowest BCUT2D eigenvalue weighted by atomic mass is 9.95. The van der Waals surface area contributed by atoms with Crippen molar-refractivity contribution < 1.29 is 0 Å². The van der Waals surface area contributed by atoms with Gasteiger partial charge in [0.15, 0.2) is 0 Å². The monoisotopic (exact) mass is 310 g/mol. The number of rotatable bonds is 6. The van der Waals surface area contributed by atoms with Crippen molar-refractivity contribution in [1.29, 1.82) is 0 Å². The molecule has 3 rings (SSSR count). The summed E-state index contributed by atoms with van der Waals surface area (Å²) in [6.07, 6.45) is 7.49. The number of hydrogen-bond acceptors (Lipinski definition) is 4. The Morgan fingerprint density at radius 2 is 1.83 bits per heavy atom. The van der Waals surface area contributed by atoms with E-state index in [-0.39, 0.29) is 0 Å². The molecule has 2 aromatic rings. The quantitative estimate of drug-likeness (QED) is 0.840. The maximum Gasteiger partial charge on any atom is 0.224 e. The first kappa shape index (κ1) is 15.8. The summed E-state index contributed by atoms with van der Waals surface area (Å²) in [5.74, 6) is 1.67. The fourth-order valence-electron chi connectivity index (χ4n) is 3.14. The van der Waals surface area contributed by atoms with Gasteiger partial charge in [-0.1, -0.05) is 49.6 Å². The van der Waals surface area contributed by atoms with Crippen LogP contribution in [0.1, 0.15) is 43.4 Å². The van der Waals surface area contributed by atoms with Crippen LogP contribution in [0.3, 0.4) is 0 Å². The lowest BCUT2D eigenvalue weighted by molar-refractivity contribution is 0.462. The van der Waals surface area contributed by atoms with E-state index in [1.54, 1.807) is 0 Å². The molecule has 1 fully saturated rings. The maximum absolute atomic E-state index is 4.63. The molecule has 1 aliphatic carbocycles. The zero-order chi connectivity index (χ0) is 15.9. The molecule has 0 spiro atoms. The van der Waals surface area contributed by atoms with Crippen molar-refractivity contribution in [2.45, 2.75) is 51.5 Å². The predicted molar refractivity (Wildman–Crippen MR) is 95.9 cm³/mol. The maximum atomic E-state index is 4.63. The van der Waals surface area contributed by atoms with E-state index in [1.807, 2.05) is 19.1 Å². The van der Waals surface area contributed by atoms with Crippen molar-refractivity contribution in [3.8, 4) is 0 Å². The highest BCUT2D eigenvalue weighted by molar-refractivity contribution is 5.43. The third-order valence-electron chi connectivity index (χ3n) is 4.35. The Bertz CT molecular complexity index is 606. The molecule has 0 atom stereocenters. The number of nitrogens with one attached hydrogen (secondary N) is 2. The summed E-state index contributed by atoms with van der Waals surface area (Å²) in [6.45, 7) is 2.87. The molecule has 0 bridgehead atoms. The molecular formula is C19H26N4. The largest absolute Gasteiger partial charge is 0.367 e. The Morgan fingerprint density at radius 1 is 1.04 bits per heavy atom. The Hall–Kier alpha value is -2.10. The molecular weight excluding hydrogens is 284 g/mol. The van der Waals surface area contributed by atoms with Crippen LogP contribution in [0.2, 0.25) is 0 Å². The fraction of sp³-hybridized carbons (Fsp3) is 0.474. The number of anilines is 2. The second kappa shape index (κ2) is 7.95. The van der Waals surface area contributed by atoms with Gasteiger partial charge in [-0.15, -0.1) is 0 Å². The van der Waals surface area contributed by atoms with Gasteiger partial charge in [0.1, 0.15) is 5.82 Å². The summed E-state index contributed by atoms with van der Waals surface area (Å²) in [6, 6.07) is 13.1. The topological polar surface area (TPSA) is 49.8 Å². The molecule has 0 amide bonds. The van der Waals surface area contributed by atoms with E-state index in [0.29, 0.717) is 6.04 Å². The highest BCUT2D eigenvalue weighted by atomic mass is 15.1. The molecule has 1 saturated carbocycles. The number of aryl methyl sites for hydroxylation is 1. The number of nitrogens with zero attached hydrogens (tertiary/aromatic N) is 2. The van der Waals surface area contributed by atoms with Crippen LogP contribution in [0.4, 0.5) is 11.8 Å². The van der Waals surface area contributed by atoms with Crippen LogP contribution in [0.15, 0.2) is 36.4 Å². The van der Waals surface area contributed by atoms with Crippen molar-refractivity contribution in [3.63, 3.8) is 0 Å². The molecule has 1 aromatic heterocycles. The van der Waals surface area contributed by atoms with Gasteiger partial charge < -0.3 is 10.6 Å². The molecule has 0 aliphatic heterocycles. The first-order valence-electron chi connectivity index (χ1n) is 8.69. The number of benzene rings is 1. The average molecular weight is 310 g/mol. The van der Waals surface area contributed by atoms with Gasteiger partial charge in [-0.2, -0.15) is 4.98 Å². The lowest BCUT2D eigenvalue weighted by Crippen LogP contribution is -2.23. The minimum Gasteiger partial charge on any atom is -0.367 e. The summed E-state index contributed by atoms with van der Waals surface area (Å²) in [5.41, 5.74) is 2.33.